The molecule has 4 aromatic rings. The van der Waals surface area contributed by atoms with Gasteiger partial charge in [0.05, 0.1) is 21.3 Å². The standard InChI is InChI=1S/C23H19BrClF2N5O2S/c24-19-13-28-32-22(12-21(30-23(19)32)18-3-1-2-4-20(18)25)29-16-5-7-31(8-6-16)35(33,34)17-10-14(26)9-15(27)11-17/h1-4,9-13,16,29H,5-8H2. The largest absolute Gasteiger partial charge is 0.367 e. The van der Waals surface area contributed by atoms with Crippen LogP contribution >= 0.6 is 27.5 Å². The fourth-order valence-corrected chi connectivity index (χ4v) is 6.22. The van der Waals surface area contributed by atoms with Crippen molar-refractivity contribution < 1.29 is 17.2 Å². The van der Waals surface area contributed by atoms with Crippen LogP contribution in [0, 0.1) is 11.6 Å². The smallest absolute Gasteiger partial charge is 0.243 e. The number of sulfonamides is 1. The van der Waals surface area contributed by atoms with Crippen molar-refractivity contribution in [2.75, 3.05) is 18.4 Å². The number of anilines is 1. The van der Waals surface area contributed by atoms with Crippen LogP contribution in [0.4, 0.5) is 14.6 Å². The number of piperidine rings is 1. The van der Waals surface area contributed by atoms with Crippen LogP contribution in [0.25, 0.3) is 16.9 Å². The van der Waals surface area contributed by atoms with Gasteiger partial charge in [-0.05, 0) is 47.0 Å². The summed E-state index contributed by atoms with van der Waals surface area (Å²) < 4.78 is 56.6. The van der Waals surface area contributed by atoms with Crippen molar-refractivity contribution in [2.24, 2.45) is 0 Å². The summed E-state index contributed by atoms with van der Waals surface area (Å²) in [4.78, 5) is 4.31. The van der Waals surface area contributed by atoms with Gasteiger partial charge in [-0.1, -0.05) is 29.8 Å². The highest BCUT2D eigenvalue weighted by Crippen LogP contribution is 2.31. The summed E-state index contributed by atoms with van der Waals surface area (Å²) in [7, 11) is -4.01. The van der Waals surface area contributed by atoms with Crippen LogP contribution in [0.15, 0.2) is 64.1 Å². The fourth-order valence-electron chi connectivity index (χ4n) is 4.12. The maximum atomic E-state index is 13.6. The summed E-state index contributed by atoms with van der Waals surface area (Å²) in [6.07, 6.45) is 2.63. The lowest BCUT2D eigenvalue weighted by Crippen LogP contribution is -2.42. The number of benzene rings is 2. The van der Waals surface area contributed by atoms with Gasteiger partial charge in [0.1, 0.15) is 17.5 Å². The van der Waals surface area contributed by atoms with Gasteiger partial charge in [0, 0.05) is 41.9 Å². The maximum absolute atomic E-state index is 13.6. The summed E-state index contributed by atoms with van der Waals surface area (Å²) in [6.45, 7) is 0.402. The van der Waals surface area contributed by atoms with Crippen LogP contribution in [-0.2, 0) is 10.0 Å². The molecule has 3 heterocycles. The Labute approximate surface area is 213 Å². The number of nitrogens with one attached hydrogen (secondary N) is 1. The van der Waals surface area contributed by atoms with Crippen LogP contribution in [0.1, 0.15) is 12.8 Å². The van der Waals surface area contributed by atoms with Crippen LogP contribution < -0.4 is 5.32 Å². The molecule has 0 spiro atoms. The van der Waals surface area contributed by atoms with Gasteiger partial charge in [-0.15, -0.1) is 0 Å². The summed E-state index contributed by atoms with van der Waals surface area (Å²) in [6, 6.07) is 11.5. The third-order valence-electron chi connectivity index (χ3n) is 5.86. The number of halogens is 4. The zero-order chi connectivity index (χ0) is 24.7. The Morgan fingerprint density at radius 2 is 1.74 bits per heavy atom. The maximum Gasteiger partial charge on any atom is 0.243 e. The van der Waals surface area contributed by atoms with Crippen molar-refractivity contribution in [3.05, 3.63) is 75.9 Å². The number of hydrogen-bond acceptors (Lipinski definition) is 5. The zero-order valence-corrected chi connectivity index (χ0v) is 21.3. The molecule has 182 valence electrons. The highest BCUT2D eigenvalue weighted by atomic mass is 79.9. The molecule has 1 aliphatic heterocycles. The van der Waals surface area contributed by atoms with Crippen LogP contribution in [0.2, 0.25) is 5.02 Å². The van der Waals surface area contributed by atoms with Crippen LogP contribution in [0.3, 0.4) is 0 Å². The van der Waals surface area contributed by atoms with E-state index in [1.165, 1.54) is 4.31 Å². The topological polar surface area (TPSA) is 79.6 Å². The molecule has 0 amide bonds. The first-order valence-electron chi connectivity index (χ1n) is 10.7. The molecule has 7 nitrogen and oxygen atoms in total. The van der Waals surface area contributed by atoms with Crippen molar-refractivity contribution in [2.45, 2.75) is 23.8 Å². The van der Waals surface area contributed by atoms with E-state index in [1.54, 1.807) is 16.8 Å². The van der Waals surface area contributed by atoms with E-state index in [1.807, 2.05) is 24.3 Å². The minimum Gasteiger partial charge on any atom is -0.367 e. The van der Waals surface area contributed by atoms with Gasteiger partial charge in [-0.25, -0.2) is 22.2 Å². The lowest BCUT2D eigenvalue weighted by molar-refractivity contribution is 0.329. The molecule has 1 aliphatic rings. The molecule has 0 saturated carbocycles. The third-order valence-corrected chi connectivity index (χ3v) is 8.62. The molecule has 1 saturated heterocycles. The second-order valence-corrected chi connectivity index (χ2v) is 11.4. The van der Waals surface area contributed by atoms with Gasteiger partial charge in [0.25, 0.3) is 0 Å². The quantitative estimate of drug-likeness (QED) is 0.343. The van der Waals surface area contributed by atoms with Gasteiger partial charge >= 0.3 is 0 Å². The number of aromatic nitrogens is 3. The molecule has 2 aromatic heterocycles. The van der Waals surface area contributed by atoms with Crippen LogP contribution in [-0.4, -0.2) is 46.5 Å². The predicted octanol–water partition coefficient (Wildman–Crippen LogP) is 5.36. The monoisotopic (exact) mass is 581 g/mol. The minimum atomic E-state index is -4.01. The number of rotatable bonds is 5. The summed E-state index contributed by atoms with van der Waals surface area (Å²) in [5, 5.41) is 8.41. The molecule has 5 rings (SSSR count). The lowest BCUT2D eigenvalue weighted by Gasteiger charge is -2.32. The SMILES string of the molecule is O=S(=O)(c1cc(F)cc(F)c1)N1CCC(Nc2cc(-c3ccccc3Cl)nc3c(Br)cnn23)CC1. The number of nitrogens with zero attached hydrogens (tertiary/aromatic N) is 4. The summed E-state index contributed by atoms with van der Waals surface area (Å²) in [5.74, 6) is -1.17. The third kappa shape index (κ3) is 4.77. The van der Waals surface area contributed by atoms with Gasteiger partial charge in [-0.2, -0.15) is 13.9 Å². The molecule has 0 atom stereocenters. The molecular weight excluding hydrogens is 564 g/mol. The van der Waals surface area contributed by atoms with E-state index < -0.39 is 21.7 Å². The average Bonchev–Trinajstić information content (AvgIpc) is 3.20. The molecule has 12 heteroatoms. The first-order valence-corrected chi connectivity index (χ1v) is 13.4. The van der Waals surface area contributed by atoms with Gasteiger partial charge in [0.15, 0.2) is 5.65 Å². The van der Waals surface area contributed by atoms with E-state index >= 15 is 0 Å². The van der Waals surface area contributed by atoms with E-state index in [-0.39, 0.29) is 24.0 Å². The van der Waals surface area contributed by atoms with Crippen molar-refractivity contribution in [1.29, 1.82) is 0 Å². The zero-order valence-electron chi connectivity index (χ0n) is 18.1. The Morgan fingerprint density at radius 3 is 2.43 bits per heavy atom. The van der Waals surface area contributed by atoms with Gasteiger partial charge in [-0.3, -0.25) is 0 Å². The lowest BCUT2D eigenvalue weighted by atomic mass is 10.1. The van der Waals surface area contributed by atoms with Crippen molar-refractivity contribution in [3.63, 3.8) is 0 Å². The Morgan fingerprint density at radius 1 is 1.06 bits per heavy atom. The highest BCUT2D eigenvalue weighted by Gasteiger charge is 2.30. The molecule has 1 N–H and O–H groups in total. The molecule has 35 heavy (non-hydrogen) atoms. The van der Waals surface area contributed by atoms with E-state index in [2.05, 4.69) is 26.3 Å². The van der Waals surface area contributed by atoms with Gasteiger partial charge < -0.3 is 5.32 Å². The average molecular weight is 583 g/mol. The summed E-state index contributed by atoms with van der Waals surface area (Å²) in [5.41, 5.74) is 2.05. The summed E-state index contributed by atoms with van der Waals surface area (Å²) >= 11 is 9.87. The Kier molecular flexibility index (Phi) is 6.51. The molecule has 1 fully saturated rings. The van der Waals surface area contributed by atoms with E-state index in [0.29, 0.717) is 41.1 Å². The molecule has 0 bridgehead atoms. The minimum absolute atomic E-state index is 0.0571. The normalized spacial score (nSPS) is 15.5. The molecular formula is C23H19BrClF2N5O2S. The Hall–Kier alpha value is -2.60. The molecule has 2 aromatic carbocycles. The van der Waals surface area contributed by atoms with Crippen molar-refractivity contribution in [3.8, 4) is 11.3 Å². The van der Waals surface area contributed by atoms with Crippen molar-refractivity contribution >= 4 is 49.0 Å². The second kappa shape index (κ2) is 9.45. The number of hydrogen-bond donors (Lipinski definition) is 1. The predicted molar refractivity (Wildman–Crippen MR) is 133 cm³/mol. The highest BCUT2D eigenvalue weighted by molar-refractivity contribution is 9.10. The first kappa shape index (κ1) is 24.1. The van der Waals surface area contributed by atoms with E-state index in [9.17, 15) is 17.2 Å². The van der Waals surface area contributed by atoms with E-state index in [0.717, 1.165) is 22.2 Å². The second-order valence-electron chi connectivity index (χ2n) is 8.16. The van der Waals surface area contributed by atoms with E-state index in [4.69, 9.17) is 16.6 Å². The first-order chi connectivity index (χ1) is 16.7. The molecule has 0 radical (unpaired) electrons. The Balaban J connectivity index is 1.38. The van der Waals surface area contributed by atoms with Gasteiger partial charge in [0.2, 0.25) is 10.0 Å². The fraction of sp³-hybridized carbons (Fsp3) is 0.217. The molecule has 0 unspecified atom stereocenters. The number of fused-ring (bicyclic) bond motifs is 1. The molecule has 0 aliphatic carbocycles. The van der Waals surface area contributed by atoms with Crippen LogP contribution in [0.5, 0.6) is 0 Å². The Bertz CT molecular complexity index is 1500. The van der Waals surface area contributed by atoms with Crippen molar-refractivity contribution in [1.82, 2.24) is 18.9 Å².